The van der Waals surface area contributed by atoms with Gasteiger partial charge in [-0.05, 0) is 45.2 Å². The van der Waals surface area contributed by atoms with E-state index in [-0.39, 0.29) is 24.1 Å². The van der Waals surface area contributed by atoms with Crippen molar-refractivity contribution < 1.29 is 18.0 Å². The van der Waals surface area contributed by atoms with Crippen LogP contribution in [0.2, 0.25) is 0 Å². The summed E-state index contributed by atoms with van der Waals surface area (Å²) in [6.45, 7) is 7.24. The molecule has 0 saturated carbocycles. The fraction of sp³-hybridized carbons (Fsp3) is 0.400. The fourth-order valence-electron chi connectivity index (χ4n) is 3.18. The number of nitrogens with zero attached hydrogens (tertiary/aromatic N) is 4. The molecule has 0 bridgehead atoms. The number of nitrogens with one attached hydrogen (secondary N) is 1. The molecule has 0 spiro atoms. The van der Waals surface area contributed by atoms with Gasteiger partial charge in [0.25, 0.3) is 11.6 Å². The van der Waals surface area contributed by atoms with Crippen molar-refractivity contribution in [1.29, 1.82) is 0 Å². The molecule has 2 heterocycles. The first-order valence-electron chi connectivity index (χ1n) is 9.22. The summed E-state index contributed by atoms with van der Waals surface area (Å²) >= 11 is 0. The van der Waals surface area contributed by atoms with Crippen molar-refractivity contribution in [3.05, 3.63) is 58.2 Å². The molecule has 0 fully saturated rings. The Balaban J connectivity index is 1.72. The Morgan fingerprint density at radius 3 is 2.41 bits per heavy atom. The SMILES string of the molecule is Cc1ccc(C(C)NC(=O)CCc2c(C)nc3nc(C(F)(F)F)nn3c2C)cc1. The Labute approximate surface area is 166 Å². The molecule has 0 aliphatic carbocycles. The third-order valence-corrected chi connectivity index (χ3v) is 4.86. The van der Waals surface area contributed by atoms with Gasteiger partial charge in [-0.3, -0.25) is 4.79 Å². The number of hydrogen-bond acceptors (Lipinski definition) is 4. The number of benzene rings is 1. The number of carbonyl (C=O) groups is 1. The number of alkyl halides is 3. The normalized spacial score (nSPS) is 12.9. The van der Waals surface area contributed by atoms with E-state index in [1.165, 1.54) is 0 Å². The highest BCUT2D eigenvalue weighted by atomic mass is 19.4. The molecule has 1 aromatic carbocycles. The molecule has 0 saturated heterocycles. The summed E-state index contributed by atoms with van der Waals surface area (Å²) in [6.07, 6.45) is -4.11. The van der Waals surface area contributed by atoms with E-state index in [9.17, 15) is 18.0 Å². The summed E-state index contributed by atoms with van der Waals surface area (Å²) in [4.78, 5) is 20.0. The number of hydrogen-bond donors (Lipinski definition) is 1. The summed E-state index contributed by atoms with van der Waals surface area (Å²) in [6, 6.07) is 7.76. The van der Waals surface area contributed by atoms with Crippen molar-refractivity contribution >= 4 is 11.7 Å². The van der Waals surface area contributed by atoms with Crippen molar-refractivity contribution in [2.45, 2.75) is 52.8 Å². The lowest BCUT2D eigenvalue weighted by Crippen LogP contribution is -2.27. The number of amides is 1. The van der Waals surface area contributed by atoms with Crippen LogP contribution < -0.4 is 5.32 Å². The smallest absolute Gasteiger partial charge is 0.350 e. The zero-order valence-electron chi connectivity index (χ0n) is 16.6. The minimum Gasteiger partial charge on any atom is -0.350 e. The fourth-order valence-corrected chi connectivity index (χ4v) is 3.18. The molecule has 1 N–H and O–H groups in total. The van der Waals surface area contributed by atoms with Gasteiger partial charge in [0.2, 0.25) is 5.91 Å². The number of carbonyl (C=O) groups excluding carboxylic acids is 1. The zero-order chi connectivity index (χ0) is 21.3. The molecular weight excluding hydrogens is 383 g/mol. The van der Waals surface area contributed by atoms with Gasteiger partial charge in [0.1, 0.15) is 0 Å². The van der Waals surface area contributed by atoms with Gasteiger partial charge in [-0.15, -0.1) is 5.10 Å². The van der Waals surface area contributed by atoms with Gasteiger partial charge < -0.3 is 5.32 Å². The van der Waals surface area contributed by atoms with E-state index in [0.29, 0.717) is 23.4 Å². The molecule has 9 heteroatoms. The first-order valence-corrected chi connectivity index (χ1v) is 9.22. The van der Waals surface area contributed by atoms with Crippen LogP contribution in [-0.2, 0) is 17.4 Å². The number of fused-ring (bicyclic) bond motifs is 1. The third-order valence-electron chi connectivity index (χ3n) is 4.86. The minimum absolute atomic E-state index is 0.103. The first-order chi connectivity index (χ1) is 13.6. The highest BCUT2D eigenvalue weighted by Gasteiger charge is 2.37. The van der Waals surface area contributed by atoms with E-state index in [1.54, 1.807) is 13.8 Å². The van der Waals surface area contributed by atoms with Crippen molar-refractivity contribution in [2.24, 2.45) is 0 Å². The molecule has 154 valence electrons. The average molecular weight is 405 g/mol. The van der Waals surface area contributed by atoms with Crippen LogP contribution in [0.1, 0.15) is 53.3 Å². The Morgan fingerprint density at radius 1 is 1.14 bits per heavy atom. The van der Waals surface area contributed by atoms with Crippen LogP contribution in [-0.4, -0.2) is 25.5 Å². The lowest BCUT2D eigenvalue weighted by atomic mass is 10.0. The quantitative estimate of drug-likeness (QED) is 0.699. The van der Waals surface area contributed by atoms with Gasteiger partial charge in [-0.25, -0.2) is 9.50 Å². The van der Waals surface area contributed by atoms with E-state index >= 15 is 0 Å². The van der Waals surface area contributed by atoms with Crippen molar-refractivity contribution in [3.63, 3.8) is 0 Å². The Kier molecular flexibility index (Phi) is 5.59. The molecule has 29 heavy (non-hydrogen) atoms. The van der Waals surface area contributed by atoms with Gasteiger partial charge in [-0.1, -0.05) is 29.8 Å². The van der Waals surface area contributed by atoms with Gasteiger partial charge in [0, 0.05) is 17.8 Å². The van der Waals surface area contributed by atoms with Gasteiger partial charge in [0.05, 0.1) is 6.04 Å². The topological polar surface area (TPSA) is 72.2 Å². The predicted octanol–water partition coefficient (Wildman–Crippen LogP) is 3.88. The standard InChI is InChI=1S/C20H22F3N5O/c1-11-5-7-15(8-6-11)12(2)24-17(29)10-9-16-13(3)25-19-26-18(20(21,22)23)27-28(19)14(16)4/h5-8,12H,9-10H2,1-4H3,(H,24,29). The molecule has 0 radical (unpaired) electrons. The van der Waals surface area contributed by atoms with Crippen LogP contribution in [0.5, 0.6) is 0 Å². The molecule has 0 aliphatic rings. The second-order valence-electron chi connectivity index (χ2n) is 7.11. The lowest BCUT2D eigenvalue weighted by Gasteiger charge is -2.15. The van der Waals surface area contributed by atoms with Crippen LogP contribution in [0.4, 0.5) is 13.2 Å². The Morgan fingerprint density at radius 2 is 1.79 bits per heavy atom. The monoisotopic (exact) mass is 405 g/mol. The summed E-state index contributed by atoms with van der Waals surface area (Å²) in [7, 11) is 0. The molecule has 6 nitrogen and oxygen atoms in total. The Hall–Kier alpha value is -2.97. The molecule has 1 atom stereocenters. The number of rotatable bonds is 5. The molecule has 2 aromatic heterocycles. The first kappa shape index (κ1) is 20.8. The van der Waals surface area contributed by atoms with E-state index in [1.807, 2.05) is 38.1 Å². The van der Waals surface area contributed by atoms with Gasteiger partial charge in [0.15, 0.2) is 0 Å². The number of aromatic nitrogens is 4. The zero-order valence-corrected chi connectivity index (χ0v) is 16.6. The predicted molar refractivity (Wildman–Crippen MR) is 101 cm³/mol. The van der Waals surface area contributed by atoms with Crippen LogP contribution in [0, 0.1) is 20.8 Å². The van der Waals surface area contributed by atoms with Crippen LogP contribution in [0.3, 0.4) is 0 Å². The third kappa shape index (κ3) is 4.55. The molecule has 1 unspecified atom stereocenters. The summed E-state index contributed by atoms with van der Waals surface area (Å²) in [5, 5.41) is 6.47. The van der Waals surface area contributed by atoms with E-state index < -0.39 is 12.0 Å². The van der Waals surface area contributed by atoms with Crippen LogP contribution in [0.15, 0.2) is 24.3 Å². The molecule has 1 amide bonds. The second kappa shape index (κ2) is 7.81. The van der Waals surface area contributed by atoms with Crippen LogP contribution >= 0.6 is 0 Å². The molecule has 0 aliphatic heterocycles. The number of halogens is 3. The van der Waals surface area contributed by atoms with Gasteiger partial charge >= 0.3 is 6.18 Å². The molecular formula is C20H22F3N5O. The highest BCUT2D eigenvalue weighted by molar-refractivity contribution is 5.76. The maximum atomic E-state index is 12.9. The molecule has 3 aromatic rings. The van der Waals surface area contributed by atoms with E-state index in [0.717, 1.165) is 15.6 Å². The second-order valence-corrected chi connectivity index (χ2v) is 7.11. The summed E-state index contributed by atoms with van der Waals surface area (Å²) < 4.78 is 39.7. The summed E-state index contributed by atoms with van der Waals surface area (Å²) in [5.74, 6) is -1.48. The lowest BCUT2D eigenvalue weighted by molar-refractivity contribution is -0.144. The maximum Gasteiger partial charge on any atom is 0.453 e. The maximum absolute atomic E-state index is 12.9. The minimum atomic E-state index is -4.64. The summed E-state index contributed by atoms with van der Waals surface area (Å²) in [5.41, 5.74) is 3.87. The van der Waals surface area contributed by atoms with Crippen molar-refractivity contribution in [1.82, 2.24) is 24.9 Å². The van der Waals surface area contributed by atoms with Crippen molar-refractivity contribution in [3.8, 4) is 0 Å². The van der Waals surface area contributed by atoms with Crippen LogP contribution in [0.25, 0.3) is 5.78 Å². The molecule has 3 rings (SSSR count). The number of aryl methyl sites for hydroxylation is 3. The van der Waals surface area contributed by atoms with Gasteiger partial charge in [-0.2, -0.15) is 18.2 Å². The van der Waals surface area contributed by atoms with Crippen molar-refractivity contribution in [2.75, 3.05) is 0 Å². The average Bonchev–Trinajstić information content (AvgIpc) is 3.06. The largest absolute Gasteiger partial charge is 0.453 e. The van der Waals surface area contributed by atoms with E-state index in [2.05, 4.69) is 20.4 Å². The highest BCUT2D eigenvalue weighted by Crippen LogP contribution is 2.27. The Bertz CT molecular complexity index is 1040. The van der Waals surface area contributed by atoms with E-state index in [4.69, 9.17) is 0 Å².